The van der Waals surface area contributed by atoms with Crippen LogP contribution in [0.25, 0.3) is 0 Å². The van der Waals surface area contributed by atoms with E-state index in [4.69, 9.17) is 6.42 Å². The molecule has 0 bridgehead atoms. The van der Waals surface area contributed by atoms with Gasteiger partial charge in [0, 0.05) is 0 Å². The van der Waals surface area contributed by atoms with Crippen molar-refractivity contribution in [3.63, 3.8) is 0 Å². The second kappa shape index (κ2) is 8.36. The van der Waals surface area contributed by atoms with Gasteiger partial charge < -0.3 is 5.11 Å². The van der Waals surface area contributed by atoms with Crippen LogP contribution < -0.4 is 0 Å². The second-order valence-corrected chi connectivity index (χ2v) is 4.50. The first kappa shape index (κ1) is 17.9. The number of terminal acetylenes is 1. The van der Waals surface area contributed by atoms with Crippen molar-refractivity contribution in [1.82, 2.24) is 0 Å². The fourth-order valence-corrected chi connectivity index (χ4v) is 1.96. The van der Waals surface area contributed by atoms with Crippen LogP contribution in [0.15, 0.2) is 78.9 Å². The summed E-state index contributed by atoms with van der Waals surface area (Å²) in [6.45, 7) is 0. The van der Waals surface area contributed by atoms with Crippen LogP contribution in [0.5, 0.6) is 0 Å². The number of hydrogen-bond donors (Lipinski definition) is 1. The van der Waals surface area contributed by atoms with E-state index < -0.39 is 5.60 Å². The summed E-state index contributed by atoms with van der Waals surface area (Å²) in [6, 6.07) is 22.6. The number of rotatable bonds is 2. The van der Waals surface area contributed by atoms with E-state index in [2.05, 4.69) is 5.92 Å². The van der Waals surface area contributed by atoms with Gasteiger partial charge in [0.2, 0.25) is 0 Å². The molecule has 3 heteroatoms. The van der Waals surface area contributed by atoms with Crippen LogP contribution in [0.4, 0.5) is 4.39 Å². The molecule has 0 fully saturated rings. The first-order valence-corrected chi connectivity index (χ1v) is 6.52. The molecule has 112 valence electrons. The summed E-state index contributed by atoms with van der Waals surface area (Å²) < 4.78 is 12.8. The quantitative estimate of drug-likeness (QED) is 0.429. The van der Waals surface area contributed by atoms with E-state index in [1.165, 1.54) is 24.3 Å². The van der Waals surface area contributed by atoms with Gasteiger partial charge in [-0.1, -0.05) is 18.1 Å². The smallest absolute Gasteiger partial charge is 0.371 e. The van der Waals surface area contributed by atoms with E-state index >= 15 is 0 Å². The summed E-state index contributed by atoms with van der Waals surface area (Å²) in [4.78, 5) is 0. The van der Waals surface area contributed by atoms with Crippen molar-refractivity contribution in [3.8, 4) is 12.3 Å². The van der Waals surface area contributed by atoms with Crippen molar-refractivity contribution in [2.24, 2.45) is 0 Å². The van der Waals surface area contributed by atoms with E-state index in [0.29, 0.717) is 11.1 Å². The Morgan fingerprint density at radius 1 is 1.00 bits per heavy atom. The molecule has 0 saturated carbocycles. The molecule has 0 saturated heterocycles. The molecule has 1 unspecified atom stereocenters. The van der Waals surface area contributed by atoms with Crippen molar-refractivity contribution in [1.29, 1.82) is 0 Å². The van der Waals surface area contributed by atoms with Crippen LogP contribution >= 0.6 is 0 Å². The fourth-order valence-electron chi connectivity index (χ4n) is 1.96. The number of benzene rings is 1. The molecule has 0 spiro atoms. The van der Waals surface area contributed by atoms with Gasteiger partial charge in [-0.15, -0.1) is 12.0 Å². The Kier molecular flexibility index (Phi) is 6.82. The Morgan fingerprint density at radius 3 is 2.05 bits per heavy atom. The molecule has 0 heterocycles. The Hall–Kier alpha value is -2.11. The average Bonchev–Trinajstić information content (AvgIpc) is 3.22. The van der Waals surface area contributed by atoms with Gasteiger partial charge in [-0.2, -0.15) is 30.3 Å². The van der Waals surface area contributed by atoms with E-state index in [-0.39, 0.29) is 22.9 Å². The number of halogens is 1. The third-order valence-corrected chi connectivity index (χ3v) is 3.11. The van der Waals surface area contributed by atoms with Crippen molar-refractivity contribution < 1.29 is 26.6 Å². The molecule has 3 aromatic carbocycles. The van der Waals surface area contributed by atoms with E-state index in [1.54, 1.807) is 24.3 Å². The normalized spacial score (nSPS) is 12.0. The zero-order chi connectivity index (χ0) is 15.1. The predicted molar refractivity (Wildman–Crippen MR) is 82.3 cm³/mol. The number of aliphatic hydroxyl groups is 1. The van der Waals surface area contributed by atoms with Crippen molar-refractivity contribution in [2.45, 2.75) is 5.60 Å². The summed E-state index contributed by atoms with van der Waals surface area (Å²) in [5.41, 5.74) is -0.388. The van der Waals surface area contributed by atoms with Crippen LogP contribution in [0.3, 0.4) is 0 Å². The van der Waals surface area contributed by atoms with Gasteiger partial charge in [0.05, 0.1) is 0 Å². The zero-order valence-corrected chi connectivity index (χ0v) is 12.9. The SMILES string of the molecule is C#CC(O)(c1ccc(F)cc1)c1ccc[cH-]1.[Fe+2].c1cc[cH-]c1. The second-order valence-electron chi connectivity index (χ2n) is 4.50. The average molecular weight is 334 g/mol. The van der Waals surface area contributed by atoms with E-state index in [9.17, 15) is 9.50 Å². The van der Waals surface area contributed by atoms with Gasteiger partial charge in [0.15, 0.2) is 5.60 Å². The molecule has 0 aliphatic carbocycles. The monoisotopic (exact) mass is 334 g/mol. The van der Waals surface area contributed by atoms with Crippen molar-refractivity contribution >= 4 is 0 Å². The topological polar surface area (TPSA) is 20.2 Å². The molecular formula is C19H15FFeO. The number of hydrogen-bond acceptors (Lipinski definition) is 1. The van der Waals surface area contributed by atoms with Crippen molar-refractivity contribution in [2.75, 3.05) is 0 Å². The Labute approximate surface area is 140 Å². The summed E-state index contributed by atoms with van der Waals surface area (Å²) in [6.07, 6.45) is 5.37. The third kappa shape index (κ3) is 4.19. The minimum Gasteiger partial charge on any atom is -0.371 e. The third-order valence-electron chi connectivity index (χ3n) is 3.11. The first-order chi connectivity index (χ1) is 10.2. The molecule has 3 rings (SSSR count). The summed E-state index contributed by atoms with van der Waals surface area (Å²) >= 11 is 0. The van der Waals surface area contributed by atoms with Gasteiger partial charge >= 0.3 is 17.1 Å². The molecule has 0 amide bonds. The Balaban J connectivity index is 0.000000344. The minimum atomic E-state index is -1.49. The predicted octanol–water partition coefficient (Wildman–Crippen LogP) is 3.82. The first-order valence-electron chi connectivity index (χ1n) is 6.52. The van der Waals surface area contributed by atoms with Crippen LogP contribution in [0.1, 0.15) is 11.1 Å². The van der Waals surface area contributed by atoms with Crippen molar-refractivity contribution in [3.05, 3.63) is 95.8 Å². The van der Waals surface area contributed by atoms with Crippen LogP contribution in [0, 0.1) is 18.2 Å². The van der Waals surface area contributed by atoms with Gasteiger partial charge in [0.1, 0.15) is 5.82 Å². The van der Waals surface area contributed by atoms with E-state index in [0.717, 1.165) is 0 Å². The van der Waals surface area contributed by atoms with Gasteiger partial charge in [0.25, 0.3) is 0 Å². The van der Waals surface area contributed by atoms with Gasteiger partial charge in [-0.25, -0.2) is 28.7 Å². The summed E-state index contributed by atoms with van der Waals surface area (Å²) in [7, 11) is 0. The Morgan fingerprint density at radius 2 is 1.64 bits per heavy atom. The molecule has 0 radical (unpaired) electrons. The molecule has 0 aromatic heterocycles. The molecule has 1 nitrogen and oxygen atoms in total. The maximum absolute atomic E-state index is 12.8. The molecule has 0 aliphatic heterocycles. The van der Waals surface area contributed by atoms with E-state index in [1.807, 2.05) is 30.3 Å². The summed E-state index contributed by atoms with van der Waals surface area (Å²) in [5, 5.41) is 10.4. The van der Waals surface area contributed by atoms with Gasteiger partial charge in [-0.3, -0.25) is 0 Å². The molecule has 1 atom stereocenters. The largest absolute Gasteiger partial charge is 2.00 e. The fraction of sp³-hybridized carbons (Fsp3) is 0.0526. The molecule has 22 heavy (non-hydrogen) atoms. The molecule has 3 aromatic rings. The zero-order valence-electron chi connectivity index (χ0n) is 11.8. The maximum Gasteiger partial charge on any atom is 2.00 e. The maximum atomic E-state index is 12.8. The molecule has 1 N–H and O–H groups in total. The minimum absolute atomic E-state index is 0. The van der Waals surface area contributed by atoms with Crippen LogP contribution in [0.2, 0.25) is 0 Å². The van der Waals surface area contributed by atoms with Crippen LogP contribution in [-0.2, 0) is 22.7 Å². The molecule has 0 aliphatic rings. The standard InChI is InChI=1S/C14H10FO.C5H5.Fe/c1-2-14(16,11-5-3-4-6-11)12-7-9-13(15)10-8-12;1-2-4-5-3-1;/h1,3-10,16H;1-5H;/q2*-1;+2. The van der Waals surface area contributed by atoms with Gasteiger partial charge in [-0.05, 0) is 17.7 Å². The molecular weight excluding hydrogens is 319 g/mol. The Bertz CT molecular complexity index is 661. The summed E-state index contributed by atoms with van der Waals surface area (Å²) in [5.74, 6) is 1.99. The van der Waals surface area contributed by atoms with Crippen LogP contribution in [-0.4, -0.2) is 5.11 Å².